The molecule has 1 aliphatic heterocycles. The molecule has 0 bridgehead atoms. The van der Waals surface area contributed by atoms with E-state index in [4.69, 9.17) is 14.2 Å². The highest BCUT2D eigenvalue weighted by Crippen LogP contribution is 2.35. The molecule has 0 aliphatic carbocycles. The number of carbonyl (C=O) groups excluding carboxylic acids is 2. The van der Waals surface area contributed by atoms with Gasteiger partial charge in [-0.1, -0.05) is 30.3 Å². The summed E-state index contributed by atoms with van der Waals surface area (Å²) >= 11 is 1.31. The number of nitrogens with zero attached hydrogens (tertiary/aromatic N) is 2. The summed E-state index contributed by atoms with van der Waals surface area (Å²) in [5, 5.41) is 5.41. The molecule has 0 fully saturated rings. The Morgan fingerprint density at radius 3 is 2.71 bits per heavy atom. The minimum absolute atomic E-state index is 0.171. The predicted octanol–water partition coefficient (Wildman–Crippen LogP) is 4.93. The number of thiazole rings is 1. The molecule has 0 radical (unpaired) electrons. The van der Waals surface area contributed by atoms with Crippen LogP contribution in [-0.2, 0) is 11.3 Å². The van der Waals surface area contributed by atoms with E-state index in [-0.39, 0.29) is 24.9 Å². The van der Waals surface area contributed by atoms with Crippen LogP contribution >= 0.6 is 11.3 Å². The number of anilines is 1. The molecule has 0 saturated heterocycles. The molecule has 2 aromatic heterocycles. The molecule has 178 valence electrons. The fourth-order valence-corrected chi connectivity index (χ4v) is 4.65. The monoisotopic (exact) mass is 489 g/mol. The Balaban J connectivity index is 1.22. The lowest BCUT2D eigenvalue weighted by molar-refractivity contribution is 0.0469. The summed E-state index contributed by atoms with van der Waals surface area (Å²) in [6.45, 7) is 4.20. The van der Waals surface area contributed by atoms with Crippen molar-refractivity contribution in [3.8, 4) is 17.2 Å². The molecule has 0 unspecified atom stereocenters. The quantitative estimate of drug-likeness (QED) is 0.277. The van der Waals surface area contributed by atoms with Crippen LogP contribution in [0.5, 0.6) is 11.5 Å². The second-order valence-corrected chi connectivity index (χ2v) is 8.89. The fourth-order valence-electron chi connectivity index (χ4n) is 3.97. The van der Waals surface area contributed by atoms with Crippen LogP contribution in [0.15, 0.2) is 60.0 Å². The third kappa shape index (κ3) is 4.76. The molecule has 0 spiro atoms. The van der Waals surface area contributed by atoms with E-state index in [1.165, 1.54) is 11.3 Å². The fraction of sp³-hybridized carbons (Fsp3) is 0.192. The first-order valence-electron chi connectivity index (χ1n) is 11.0. The summed E-state index contributed by atoms with van der Waals surface area (Å²) in [7, 11) is 0. The van der Waals surface area contributed by atoms with E-state index in [2.05, 4.69) is 10.3 Å². The van der Waals surface area contributed by atoms with Gasteiger partial charge in [-0.3, -0.25) is 4.79 Å². The van der Waals surface area contributed by atoms with Crippen molar-refractivity contribution >= 4 is 28.2 Å². The van der Waals surface area contributed by atoms with E-state index in [0.717, 1.165) is 22.6 Å². The van der Waals surface area contributed by atoms with Crippen molar-refractivity contribution in [2.24, 2.45) is 0 Å². The molecular formula is C26H23N3O5S. The van der Waals surface area contributed by atoms with Crippen LogP contribution in [0.3, 0.4) is 0 Å². The molecule has 8 nitrogen and oxygen atoms in total. The van der Waals surface area contributed by atoms with Gasteiger partial charge >= 0.3 is 5.97 Å². The van der Waals surface area contributed by atoms with Crippen molar-refractivity contribution in [1.29, 1.82) is 0 Å². The summed E-state index contributed by atoms with van der Waals surface area (Å²) in [6.07, 6.45) is 0. The van der Waals surface area contributed by atoms with E-state index in [9.17, 15) is 9.59 Å². The molecular weight excluding hydrogens is 466 g/mol. The number of aromatic nitrogens is 2. The number of hydrogen-bond acceptors (Lipinski definition) is 8. The van der Waals surface area contributed by atoms with Gasteiger partial charge in [0.05, 0.1) is 0 Å². The number of Topliss-reactive ketones (excluding diaryl/α,β-unsaturated/α-hetero) is 1. The molecule has 0 atom stereocenters. The average Bonchev–Trinajstić information content (AvgIpc) is 3.60. The van der Waals surface area contributed by atoms with E-state index >= 15 is 0 Å². The molecule has 0 saturated carbocycles. The first-order chi connectivity index (χ1) is 17.0. The van der Waals surface area contributed by atoms with Gasteiger partial charge < -0.3 is 24.1 Å². The highest BCUT2D eigenvalue weighted by Gasteiger charge is 2.21. The van der Waals surface area contributed by atoms with Gasteiger partial charge in [-0.15, -0.1) is 11.3 Å². The van der Waals surface area contributed by atoms with Gasteiger partial charge in [0.25, 0.3) is 0 Å². The van der Waals surface area contributed by atoms with E-state index < -0.39 is 5.97 Å². The maximum absolute atomic E-state index is 12.9. The maximum Gasteiger partial charge on any atom is 0.358 e. The summed E-state index contributed by atoms with van der Waals surface area (Å²) in [4.78, 5) is 29.6. The molecule has 2 aromatic carbocycles. The van der Waals surface area contributed by atoms with Crippen molar-refractivity contribution in [3.63, 3.8) is 0 Å². The Labute approximate surface area is 206 Å². The first kappa shape index (κ1) is 22.7. The zero-order valence-corrected chi connectivity index (χ0v) is 20.1. The van der Waals surface area contributed by atoms with Crippen LogP contribution in [0.2, 0.25) is 0 Å². The van der Waals surface area contributed by atoms with Crippen LogP contribution in [-0.4, -0.2) is 34.7 Å². The lowest BCUT2D eigenvalue weighted by Gasteiger charge is -2.10. The standard InChI is InChI=1S/C26H23N3O5S/c1-16-10-20(17(2)29(16)19-8-9-23-24(11-19)34-15-33-23)22(30)13-32-25(31)21-14-35-26(28-21)27-12-18-6-4-3-5-7-18/h3-11,14H,12-13,15H2,1-2H3,(H,27,28). The summed E-state index contributed by atoms with van der Waals surface area (Å²) < 4.78 is 18.1. The second-order valence-electron chi connectivity index (χ2n) is 8.03. The Hall–Kier alpha value is -4.11. The number of nitrogens with one attached hydrogen (secondary N) is 1. The molecule has 0 amide bonds. The first-order valence-corrected chi connectivity index (χ1v) is 11.9. The minimum atomic E-state index is -0.632. The SMILES string of the molecule is Cc1cc(C(=O)COC(=O)c2csc(NCc3ccccc3)n2)c(C)n1-c1ccc2c(c1)OCO2. The van der Waals surface area contributed by atoms with Crippen molar-refractivity contribution in [1.82, 2.24) is 9.55 Å². The smallest absolute Gasteiger partial charge is 0.358 e. The largest absolute Gasteiger partial charge is 0.454 e. The molecule has 1 aliphatic rings. The van der Waals surface area contributed by atoms with Crippen LogP contribution in [0.4, 0.5) is 5.13 Å². The Bertz CT molecular complexity index is 1390. The Morgan fingerprint density at radius 1 is 1.09 bits per heavy atom. The third-order valence-electron chi connectivity index (χ3n) is 5.68. The summed E-state index contributed by atoms with van der Waals surface area (Å²) in [6, 6.07) is 17.3. The predicted molar refractivity (Wildman–Crippen MR) is 132 cm³/mol. The van der Waals surface area contributed by atoms with Crippen LogP contribution in [0.1, 0.15) is 37.8 Å². The van der Waals surface area contributed by atoms with Crippen molar-refractivity contribution in [3.05, 3.63) is 88.2 Å². The number of aryl methyl sites for hydroxylation is 1. The average molecular weight is 490 g/mol. The zero-order valence-electron chi connectivity index (χ0n) is 19.2. The summed E-state index contributed by atoms with van der Waals surface area (Å²) in [5.41, 5.74) is 4.27. The van der Waals surface area contributed by atoms with Crippen molar-refractivity contribution in [2.45, 2.75) is 20.4 Å². The van der Waals surface area contributed by atoms with Gasteiger partial charge in [-0.05, 0) is 37.6 Å². The van der Waals surface area contributed by atoms with E-state index in [0.29, 0.717) is 28.7 Å². The van der Waals surface area contributed by atoms with Gasteiger partial charge in [-0.2, -0.15) is 0 Å². The van der Waals surface area contributed by atoms with Crippen molar-refractivity contribution < 1.29 is 23.8 Å². The highest BCUT2D eigenvalue weighted by atomic mass is 32.1. The zero-order chi connectivity index (χ0) is 24.4. The second kappa shape index (κ2) is 9.63. The number of esters is 1. The molecule has 1 N–H and O–H groups in total. The normalized spacial score (nSPS) is 11.9. The maximum atomic E-state index is 12.9. The molecule has 5 rings (SSSR count). The molecule has 3 heterocycles. The number of ether oxygens (including phenoxy) is 3. The lowest BCUT2D eigenvalue weighted by Crippen LogP contribution is -2.15. The van der Waals surface area contributed by atoms with Gasteiger partial charge in [0, 0.05) is 40.6 Å². The van der Waals surface area contributed by atoms with Crippen LogP contribution in [0, 0.1) is 13.8 Å². The Kier molecular flexibility index (Phi) is 6.24. The van der Waals surface area contributed by atoms with Gasteiger partial charge in [0.1, 0.15) is 0 Å². The Morgan fingerprint density at radius 2 is 1.89 bits per heavy atom. The topological polar surface area (TPSA) is 91.7 Å². The highest BCUT2D eigenvalue weighted by molar-refractivity contribution is 7.13. The van der Waals surface area contributed by atoms with Crippen LogP contribution < -0.4 is 14.8 Å². The third-order valence-corrected chi connectivity index (χ3v) is 6.48. The van der Waals surface area contributed by atoms with Gasteiger partial charge in [-0.25, -0.2) is 9.78 Å². The summed E-state index contributed by atoms with van der Waals surface area (Å²) in [5.74, 6) is 0.445. The van der Waals surface area contributed by atoms with Crippen LogP contribution in [0.25, 0.3) is 5.69 Å². The number of carbonyl (C=O) groups is 2. The number of fused-ring (bicyclic) bond motifs is 1. The number of rotatable bonds is 8. The van der Waals surface area contributed by atoms with Crippen molar-refractivity contribution in [2.75, 3.05) is 18.7 Å². The lowest BCUT2D eigenvalue weighted by atomic mass is 10.1. The number of benzene rings is 2. The molecule has 4 aromatic rings. The van der Waals surface area contributed by atoms with Gasteiger partial charge in [0.15, 0.2) is 28.9 Å². The number of ketones is 1. The van der Waals surface area contributed by atoms with E-state index in [1.807, 2.05) is 66.9 Å². The molecule has 35 heavy (non-hydrogen) atoms. The van der Waals surface area contributed by atoms with E-state index in [1.54, 1.807) is 11.4 Å². The minimum Gasteiger partial charge on any atom is -0.454 e. The molecule has 9 heteroatoms. The number of hydrogen-bond donors (Lipinski definition) is 1. The van der Waals surface area contributed by atoms with Gasteiger partial charge in [0.2, 0.25) is 12.6 Å².